The lowest BCUT2D eigenvalue weighted by molar-refractivity contribution is 0.234. The van der Waals surface area contributed by atoms with Crippen molar-refractivity contribution >= 4 is 0 Å². The normalized spacial score (nSPS) is 13.2. The fourth-order valence-electron chi connectivity index (χ4n) is 1.74. The maximum atomic E-state index is 9.33. The highest BCUT2D eigenvalue weighted by Gasteiger charge is 2.12. The summed E-state index contributed by atoms with van der Waals surface area (Å²) in [6.07, 6.45) is 0. The van der Waals surface area contributed by atoms with E-state index in [2.05, 4.69) is 24.0 Å². The Morgan fingerprint density at radius 1 is 1.29 bits per heavy atom. The second kappa shape index (κ2) is 5.13. The van der Waals surface area contributed by atoms with Crippen LogP contribution in [0.4, 0.5) is 0 Å². The molecule has 0 aliphatic rings. The Morgan fingerprint density at radius 3 is 2.43 bits per heavy atom. The first-order valence-electron chi connectivity index (χ1n) is 4.96. The molecule has 0 aromatic heterocycles. The van der Waals surface area contributed by atoms with Gasteiger partial charge in [-0.1, -0.05) is 24.3 Å². The minimum atomic E-state index is 0.211. The smallest absolute Gasteiger partial charge is 0.0512 e. The maximum absolute atomic E-state index is 9.33. The number of rotatable bonds is 4. The third-order valence-electron chi connectivity index (χ3n) is 2.43. The molecule has 2 heteroatoms. The van der Waals surface area contributed by atoms with Gasteiger partial charge >= 0.3 is 0 Å². The molecule has 0 fully saturated rings. The van der Waals surface area contributed by atoms with Crippen LogP contribution in [0.15, 0.2) is 24.3 Å². The topological polar surface area (TPSA) is 23.5 Å². The molecule has 0 bridgehead atoms. The summed E-state index contributed by atoms with van der Waals surface area (Å²) in [5, 5.41) is 9.33. The summed E-state index contributed by atoms with van der Waals surface area (Å²) in [5.41, 5.74) is 2.51. The molecule has 0 saturated carbocycles. The predicted octanol–water partition coefficient (Wildman–Crippen LogP) is 1.63. The van der Waals surface area contributed by atoms with Gasteiger partial charge < -0.3 is 10.0 Å². The average Bonchev–Trinajstić information content (AvgIpc) is 2.15. The summed E-state index contributed by atoms with van der Waals surface area (Å²) >= 11 is 0. The van der Waals surface area contributed by atoms with Gasteiger partial charge in [0.15, 0.2) is 0 Å². The Bertz CT molecular complexity index is 283. The van der Waals surface area contributed by atoms with Crippen LogP contribution in [0.3, 0.4) is 0 Å². The van der Waals surface area contributed by atoms with Crippen LogP contribution in [0.1, 0.15) is 17.0 Å². The summed E-state index contributed by atoms with van der Waals surface area (Å²) in [4.78, 5) is 2.10. The fourth-order valence-corrected chi connectivity index (χ4v) is 1.74. The number of nitrogens with zero attached hydrogens (tertiary/aromatic N) is 1. The van der Waals surface area contributed by atoms with E-state index in [0.29, 0.717) is 0 Å². The number of aliphatic hydroxyl groups is 1. The zero-order valence-electron chi connectivity index (χ0n) is 9.20. The fraction of sp³-hybridized carbons (Fsp3) is 0.500. The van der Waals surface area contributed by atoms with Crippen molar-refractivity contribution in [3.63, 3.8) is 0 Å². The van der Waals surface area contributed by atoms with E-state index in [4.69, 9.17) is 0 Å². The van der Waals surface area contributed by atoms with E-state index in [1.165, 1.54) is 11.1 Å². The predicted molar refractivity (Wildman–Crippen MR) is 59.6 cm³/mol. The van der Waals surface area contributed by atoms with Gasteiger partial charge in [-0.2, -0.15) is 0 Å². The molecule has 0 amide bonds. The molecule has 0 aliphatic heterocycles. The van der Waals surface area contributed by atoms with Gasteiger partial charge in [0.05, 0.1) is 6.61 Å². The monoisotopic (exact) mass is 193 g/mol. The number of hydrogen-bond donors (Lipinski definition) is 1. The van der Waals surface area contributed by atoms with E-state index in [-0.39, 0.29) is 12.5 Å². The molecule has 0 aliphatic carbocycles. The highest BCUT2D eigenvalue weighted by Crippen LogP contribution is 2.19. The van der Waals surface area contributed by atoms with Gasteiger partial charge in [0.2, 0.25) is 0 Å². The highest BCUT2D eigenvalue weighted by molar-refractivity contribution is 5.29. The van der Waals surface area contributed by atoms with Crippen LogP contribution in [0, 0.1) is 6.92 Å². The van der Waals surface area contributed by atoms with Gasteiger partial charge in [-0.25, -0.2) is 0 Å². The quantitative estimate of drug-likeness (QED) is 0.785. The van der Waals surface area contributed by atoms with Crippen molar-refractivity contribution in [2.24, 2.45) is 0 Å². The summed E-state index contributed by atoms with van der Waals surface area (Å²) in [6.45, 7) is 3.19. The molecule has 1 aromatic carbocycles. The molecule has 0 saturated heterocycles. The SMILES string of the molecule is Cc1ccccc1C(CO)CN(C)C. The second-order valence-corrected chi connectivity index (χ2v) is 4.00. The molecule has 1 unspecified atom stereocenters. The van der Waals surface area contributed by atoms with E-state index in [1.807, 2.05) is 26.2 Å². The molecule has 1 N–H and O–H groups in total. The Labute approximate surface area is 86.2 Å². The molecule has 78 valence electrons. The standard InChI is InChI=1S/C12H19NO/c1-10-6-4-5-7-12(10)11(9-14)8-13(2)3/h4-7,11,14H,8-9H2,1-3H3. The van der Waals surface area contributed by atoms with Crippen molar-refractivity contribution in [1.29, 1.82) is 0 Å². The van der Waals surface area contributed by atoms with Crippen LogP contribution in [0.2, 0.25) is 0 Å². The zero-order valence-corrected chi connectivity index (χ0v) is 9.20. The largest absolute Gasteiger partial charge is 0.396 e. The number of aryl methyl sites for hydroxylation is 1. The lowest BCUT2D eigenvalue weighted by Gasteiger charge is -2.20. The summed E-state index contributed by atoms with van der Waals surface area (Å²) in [6, 6.07) is 8.25. The van der Waals surface area contributed by atoms with Gasteiger partial charge in [0, 0.05) is 12.5 Å². The number of likely N-dealkylation sites (N-methyl/N-ethyl adjacent to an activating group) is 1. The first kappa shape index (κ1) is 11.2. The number of aliphatic hydroxyl groups excluding tert-OH is 1. The van der Waals surface area contributed by atoms with Crippen molar-refractivity contribution in [2.75, 3.05) is 27.2 Å². The third kappa shape index (κ3) is 2.82. The zero-order chi connectivity index (χ0) is 10.6. The van der Waals surface area contributed by atoms with Crippen LogP contribution in [-0.4, -0.2) is 37.3 Å². The van der Waals surface area contributed by atoms with Gasteiger partial charge in [0.25, 0.3) is 0 Å². The van der Waals surface area contributed by atoms with Crippen LogP contribution in [0.5, 0.6) is 0 Å². The molecule has 14 heavy (non-hydrogen) atoms. The Balaban J connectivity index is 2.83. The number of benzene rings is 1. The molecule has 2 nitrogen and oxygen atoms in total. The number of hydrogen-bond acceptors (Lipinski definition) is 2. The second-order valence-electron chi connectivity index (χ2n) is 4.00. The molecule has 0 spiro atoms. The van der Waals surface area contributed by atoms with Gasteiger partial charge in [-0.3, -0.25) is 0 Å². The van der Waals surface area contributed by atoms with Crippen LogP contribution >= 0.6 is 0 Å². The summed E-state index contributed by atoms with van der Waals surface area (Å²) < 4.78 is 0. The van der Waals surface area contributed by atoms with Crippen molar-refractivity contribution < 1.29 is 5.11 Å². The van der Waals surface area contributed by atoms with Crippen LogP contribution in [-0.2, 0) is 0 Å². The Morgan fingerprint density at radius 2 is 1.93 bits per heavy atom. The van der Waals surface area contributed by atoms with E-state index >= 15 is 0 Å². The Kier molecular flexibility index (Phi) is 4.11. The maximum Gasteiger partial charge on any atom is 0.0512 e. The molecule has 1 aromatic rings. The van der Waals surface area contributed by atoms with Crippen LogP contribution in [0.25, 0.3) is 0 Å². The first-order chi connectivity index (χ1) is 6.65. The van der Waals surface area contributed by atoms with Gasteiger partial charge in [-0.05, 0) is 32.1 Å². The van der Waals surface area contributed by atoms with Crippen molar-refractivity contribution in [3.8, 4) is 0 Å². The average molecular weight is 193 g/mol. The molecule has 1 atom stereocenters. The van der Waals surface area contributed by atoms with E-state index in [1.54, 1.807) is 0 Å². The minimum absolute atomic E-state index is 0.211. The van der Waals surface area contributed by atoms with Gasteiger partial charge in [-0.15, -0.1) is 0 Å². The van der Waals surface area contributed by atoms with Gasteiger partial charge in [0.1, 0.15) is 0 Å². The molecule has 0 radical (unpaired) electrons. The first-order valence-corrected chi connectivity index (χ1v) is 4.96. The van der Waals surface area contributed by atoms with E-state index < -0.39 is 0 Å². The highest BCUT2D eigenvalue weighted by atomic mass is 16.3. The summed E-state index contributed by atoms with van der Waals surface area (Å²) in [7, 11) is 4.06. The van der Waals surface area contributed by atoms with E-state index in [0.717, 1.165) is 6.54 Å². The molecule has 1 rings (SSSR count). The Hall–Kier alpha value is -0.860. The van der Waals surface area contributed by atoms with E-state index in [9.17, 15) is 5.11 Å². The lowest BCUT2D eigenvalue weighted by atomic mass is 9.95. The van der Waals surface area contributed by atoms with Crippen molar-refractivity contribution in [2.45, 2.75) is 12.8 Å². The molecular formula is C12H19NO. The lowest BCUT2D eigenvalue weighted by Crippen LogP contribution is -2.23. The summed E-state index contributed by atoms with van der Waals surface area (Å²) in [5.74, 6) is 0.228. The minimum Gasteiger partial charge on any atom is -0.396 e. The molecule has 0 heterocycles. The van der Waals surface area contributed by atoms with Crippen molar-refractivity contribution in [3.05, 3.63) is 35.4 Å². The van der Waals surface area contributed by atoms with Crippen molar-refractivity contribution in [1.82, 2.24) is 4.90 Å². The van der Waals surface area contributed by atoms with Crippen LogP contribution < -0.4 is 0 Å². The molecular weight excluding hydrogens is 174 g/mol. The third-order valence-corrected chi connectivity index (χ3v) is 2.43.